The first-order chi connectivity index (χ1) is 7.46. The summed E-state index contributed by atoms with van der Waals surface area (Å²) in [5.41, 5.74) is 5.76. The average molecular weight is 243 g/mol. The normalized spacial score (nSPS) is 14.9. The second kappa shape index (κ2) is 5.83. The summed E-state index contributed by atoms with van der Waals surface area (Å²) in [5.74, 6) is -0.0654. The van der Waals surface area contributed by atoms with Crippen molar-refractivity contribution in [2.75, 3.05) is 27.2 Å². The Balaban J connectivity index is 4.25. The van der Waals surface area contributed by atoms with Crippen molar-refractivity contribution in [3.05, 3.63) is 0 Å². The first-order valence-electron chi connectivity index (χ1n) is 6.14. The van der Waals surface area contributed by atoms with Crippen LogP contribution in [0, 0.1) is 10.8 Å². The fraction of sp³-hybridized carbons (Fsp3) is 0.923. The molecule has 0 aromatic heterocycles. The van der Waals surface area contributed by atoms with Crippen molar-refractivity contribution in [2.24, 2.45) is 16.6 Å². The lowest BCUT2D eigenvalue weighted by molar-refractivity contribution is -0.125. The molecule has 1 unspecified atom stereocenters. The summed E-state index contributed by atoms with van der Waals surface area (Å²) in [5, 5.41) is 2.94. The third-order valence-corrected chi connectivity index (χ3v) is 2.70. The summed E-state index contributed by atoms with van der Waals surface area (Å²) < 4.78 is 0. The van der Waals surface area contributed by atoms with Gasteiger partial charge in [0.05, 0.1) is 6.04 Å². The summed E-state index contributed by atoms with van der Waals surface area (Å²) in [7, 11) is 4.06. The van der Waals surface area contributed by atoms with Crippen molar-refractivity contribution >= 4 is 5.91 Å². The zero-order valence-electron chi connectivity index (χ0n) is 12.4. The summed E-state index contributed by atoms with van der Waals surface area (Å²) in [6.45, 7) is 11.8. The number of rotatable bonds is 5. The molecule has 0 rings (SSSR count). The van der Waals surface area contributed by atoms with Gasteiger partial charge in [0, 0.05) is 13.1 Å². The predicted molar refractivity (Wildman–Crippen MR) is 72.8 cm³/mol. The molecule has 17 heavy (non-hydrogen) atoms. The molecule has 1 atom stereocenters. The van der Waals surface area contributed by atoms with Crippen molar-refractivity contribution < 1.29 is 4.79 Å². The van der Waals surface area contributed by atoms with Crippen LogP contribution in [-0.4, -0.2) is 44.0 Å². The van der Waals surface area contributed by atoms with Crippen LogP contribution in [0.3, 0.4) is 0 Å². The van der Waals surface area contributed by atoms with Crippen molar-refractivity contribution in [1.82, 2.24) is 10.2 Å². The molecular weight excluding hydrogens is 214 g/mol. The van der Waals surface area contributed by atoms with Crippen LogP contribution < -0.4 is 11.1 Å². The molecule has 1 amide bonds. The van der Waals surface area contributed by atoms with Gasteiger partial charge in [-0.1, -0.05) is 34.6 Å². The van der Waals surface area contributed by atoms with E-state index in [0.29, 0.717) is 6.54 Å². The average Bonchev–Trinajstić information content (AvgIpc) is 2.09. The van der Waals surface area contributed by atoms with Gasteiger partial charge in [-0.05, 0) is 24.9 Å². The van der Waals surface area contributed by atoms with E-state index in [9.17, 15) is 4.79 Å². The molecular formula is C13H29N3O. The lowest BCUT2D eigenvalue weighted by atomic mass is 9.86. The topological polar surface area (TPSA) is 58.4 Å². The molecule has 0 spiro atoms. The van der Waals surface area contributed by atoms with Crippen LogP contribution in [0.2, 0.25) is 0 Å². The van der Waals surface area contributed by atoms with Crippen molar-refractivity contribution in [1.29, 1.82) is 0 Å². The fourth-order valence-corrected chi connectivity index (χ4v) is 1.74. The smallest absolute Gasteiger partial charge is 0.237 e. The van der Waals surface area contributed by atoms with Gasteiger partial charge in [-0.3, -0.25) is 4.79 Å². The van der Waals surface area contributed by atoms with Crippen molar-refractivity contribution in [3.8, 4) is 0 Å². The molecule has 0 aliphatic heterocycles. The molecule has 102 valence electrons. The van der Waals surface area contributed by atoms with Gasteiger partial charge in [-0.15, -0.1) is 0 Å². The second-order valence-corrected chi connectivity index (χ2v) is 6.96. The van der Waals surface area contributed by atoms with Gasteiger partial charge in [0.15, 0.2) is 0 Å². The summed E-state index contributed by atoms with van der Waals surface area (Å²) in [4.78, 5) is 14.0. The molecule has 0 aliphatic carbocycles. The highest BCUT2D eigenvalue weighted by Gasteiger charge is 2.28. The minimum atomic E-state index is -0.461. The van der Waals surface area contributed by atoms with Crippen LogP contribution in [-0.2, 0) is 4.79 Å². The second-order valence-electron chi connectivity index (χ2n) is 6.96. The third-order valence-electron chi connectivity index (χ3n) is 2.70. The number of carbonyl (C=O) groups excluding carboxylic acids is 1. The Morgan fingerprint density at radius 2 is 1.71 bits per heavy atom. The third kappa shape index (κ3) is 6.64. The van der Waals surface area contributed by atoms with Crippen LogP contribution >= 0.6 is 0 Å². The molecule has 4 nitrogen and oxygen atoms in total. The largest absolute Gasteiger partial charge is 0.354 e. The maximum absolute atomic E-state index is 11.9. The lowest BCUT2D eigenvalue weighted by Crippen LogP contribution is -2.51. The van der Waals surface area contributed by atoms with E-state index in [2.05, 4.69) is 24.1 Å². The highest BCUT2D eigenvalue weighted by molar-refractivity contribution is 5.82. The monoisotopic (exact) mass is 243 g/mol. The molecule has 0 aliphatic rings. The highest BCUT2D eigenvalue weighted by atomic mass is 16.2. The number of nitrogens with two attached hydrogens (primary N) is 1. The van der Waals surface area contributed by atoms with E-state index in [1.807, 2.05) is 34.9 Å². The standard InChI is InChI=1S/C13H29N3O/c1-12(2,3)10(14)11(17)15-8-13(4,5)9-16(6)7/h10H,8-9,14H2,1-7H3,(H,15,17). The van der Waals surface area contributed by atoms with Gasteiger partial charge >= 0.3 is 0 Å². The Morgan fingerprint density at radius 1 is 1.24 bits per heavy atom. The van der Waals surface area contributed by atoms with E-state index in [0.717, 1.165) is 6.54 Å². The van der Waals surface area contributed by atoms with E-state index >= 15 is 0 Å². The molecule has 0 bridgehead atoms. The summed E-state index contributed by atoms with van der Waals surface area (Å²) in [6.07, 6.45) is 0. The SMILES string of the molecule is CN(C)CC(C)(C)CNC(=O)C(N)C(C)(C)C. The molecule has 0 saturated heterocycles. The van der Waals surface area contributed by atoms with E-state index in [4.69, 9.17) is 5.73 Å². The highest BCUT2D eigenvalue weighted by Crippen LogP contribution is 2.18. The van der Waals surface area contributed by atoms with Crippen LogP contribution in [0.1, 0.15) is 34.6 Å². The molecule has 0 aromatic carbocycles. The Morgan fingerprint density at radius 3 is 2.06 bits per heavy atom. The number of carbonyl (C=O) groups is 1. The molecule has 0 aromatic rings. The molecule has 3 N–H and O–H groups in total. The zero-order valence-corrected chi connectivity index (χ0v) is 12.4. The minimum Gasteiger partial charge on any atom is -0.354 e. The van der Waals surface area contributed by atoms with Crippen LogP contribution in [0.4, 0.5) is 0 Å². The fourth-order valence-electron chi connectivity index (χ4n) is 1.74. The Labute approximate surface area is 106 Å². The molecule has 0 heterocycles. The first-order valence-corrected chi connectivity index (χ1v) is 6.14. The van der Waals surface area contributed by atoms with Crippen molar-refractivity contribution in [3.63, 3.8) is 0 Å². The Bertz CT molecular complexity index is 254. The van der Waals surface area contributed by atoms with Crippen molar-refractivity contribution in [2.45, 2.75) is 40.7 Å². The Hall–Kier alpha value is -0.610. The zero-order chi connectivity index (χ0) is 13.9. The maximum Gasteiger partial charge on any atom is 0.237 e. The van der Waals surface area contributed by atoms with Crippen LogP contribution in [0.15, 0.2) is 0 Å². The van der Waals surface area contributed by atoms with Gasteiger partial charge in [0.1, 0.15) is 0 Å². The summed E-state index contributed by atoms with van der Waals surface area (Å²) in [6, 6.07) is -0.461. The first kappa shape index (κ1) is 16.4. The number of hydrogen-bond donors (Lipinski definition) is 2. The van der Waals surface area contributed by atoms with E-state index < -0.39 is 6.04 Å². The maximum atomic E-state index is 11.9. The van der Waals surface area contributed by atoms with Gasteiger partial charge in [-0.25, -0.2) is 0 Å². The van der Waals surface area contributed by atoms with Crippen LogP contribution in [0.25, 0.3) is 0 Å². The van der Waals surface area contributed by atoms with E-state index in [-0.39, 0.29) is 16.7 Å². The molecule has 0 radical (unpaired) electrons. The number of nitrogens with zero attached hydrogens (tertiary/aromatic N) is 1. The van der Waals surface area contributed by atoms with Gasteiger partial charge in [-0.2, -0.15) is 0 Å². The number of hydrogen-bond acceptors (Lipinski definition) is 3. The molecule has 4 heteroatoms. The van der Waals surface area contributed by atoms with Crippen LogP contribution in [0.5, 0.6) is 0 Å². The Kier molecular flexibility index (Phi) is 5.62. The minimum absolute atomic E-state index is 0.0523. The number of nitrogens with one attached hydrogen (secondary N) is 1. The van der Waals surface area contributed by atoms with E-state index in [1.165, 1.54) is 0 Å². The van der Waals surface area contributed by atoms with E-state index in [1.54, 1.807) is 0 Å². The quantitative estimate of drug-likeness (QED) is 0.759. The molecule has 0 saturated carbocycles. The van der Waals surface area contributed by atoms with Gasteiger partial charge < -0.3 is 16.0 Å². The summed E-state index contributed by atoms with van der Waals surface area (Å²) >= 11 is 0. The lowest BCUT2D eigenvalue weighted by Gasteiger charge is -2.31. The molecule has 0 fully saturated rings. The van der Waals surface area contributed by atoms with Gasteiger partial charge in [0.2, 0.25) is 5.91 Å². The predicted octanol–water partition coefficient (Wildman–Crippen LogP) is 1.06. The van der Waals surface area contributed by atoms with Gasteiger partial charge in [0.25, 0.3) is 0 Å². The number of amides is 1.